The molecule has 2 N–H and O–H groups in total. The van der Waals surface area contributed by atoms with Crippen LogP contribution in [0.5, 0.6) is 0 Å². The SMILES string of the molecule is CCCCc1ccc(-n2cc([C@@H]3NCCc4[nH]cnc43)cn2)cc1. The Morgan fingerprint density at radius 2 is 2.12 bits per heavy atom. The van der Waals surface area contributed by atoms with E-state index in [-0.39, 0.29) is 6.04 Å². The molecule has 0 aliphatic carbocycles. The van der Waals surface area contributed by atoms with Gasteiger partial charge in [-0.05, 0) is 30.5 Å². The van der Waals surface area contributed by atoms with Gasteiger partial charge < -0.3 is 10.3 Å². The van der Waals surface area contributed by atoms with Crippen molar-refractivity contribution in [2.24, 2.45) is 0 Å². The molecule has 5 nitrogen and oxygen atoms in total. The second kappa shape index (κ2) is 6.61. The summed E-state index contributed by atoms with van der Waals surface area (Å²) < 4.78 is 1.95. The minimum atomic E-state index is 0.123. The van der Waals surface area contributed by atoms with E-state index in [9.17, 15) is 0 Å². The van der Waals surface area contributed by atoms with Gasteiger partial charge in [0, 0.05) is 30.4 Å². The van der Waals surface area contributed by atoms with E-state index in [1.165, 1.54) is 24.1 Å². The van der Waals surface area contributed by atoms with E-state index in [2.05, 4.69) is 57.8 Å². The molecule has 24 heavy (non-hydrogen) atoms. The van der Waals surface area contributed by atoms with Crippen LogP contribution in [0, 0.1) is 0 Å². The molecule has 1 aromatic carbocycles. The Bertz CT molecular complexity index is 799. The second-order valence-electron chi connectivity index (χ2n) is 6.39. The number of aromatic amines is 1. The van der Waals surface area contributed by atoms with Crippen molar-refractivity contribution in [3.63, 3.8) is 0 Å². The van der Waals surface area contributed by atoms with E-state index in [4.69, 9.17) is 0 Å². The van der Waals surface area contributed by atoms with Crippen LogP contribution < -0.4 is 5.32 Å². The normalized spacial score (nSPS) is 17.0. The number of nitrogens with zero attached hydrogens (tertiary/aromatic N) is 3. The molecular weight excluding hydrogens is 298 g/mol. The average molecular weight is 321 g/mol. The molecule has 4 rings (SSSR count). The van der Waals surface area contributed by atoms with Crippen molar-refractivity contribution in [2.45, 2.75) is 38.6 Å². The maximum atomic E-state index is 4.55. The highest BCUT2D eigenvalue weighted by atomic mass is 15.3. The van der Waals surface area contributed by atoms with Gasteiger partial charge >= 0.3 is 0 Å². The number of fused-ring (bicyclic) bond motifs is 1. The molecule has 124 valence electrons. The number of H-pyrrole nitrogens is 1. The van der Waals surface area contributed by atoms with Gasteiger partial charge in [-0.1, -0.05) is 25.5 Å². The Hall–Kier alpha value is -2.40. The Kier molecular flexibility index (Phi) is 4.17. The molecular formula is C19H23N5. The van der Waals surface area contributed by atoms with Crippen LogP contribution in [0.1, 0.15) is 48.3 Å². The largest absolute Gasteiger partial charge is 0.348 e. The lowest BCUT2D eigenvalue weighted by Crippen LogP contribution is -2.30. The molecule has 0 fully saturated rings. The lowest BCUT2D eigenvalue weighted by atomic mass is 10.0. The van der Waals surface area contributed by atoms with Crippen LogP contribution in [0.25, 0.3) is 5.69 Å². The summed E-state index contributed by atoms with van der Waals surface area (Å²) in [6, 6.07) is 8.83. The molecule has 1 aliphatic rings. The highest BCUT2D eigenvalue weighted by Crippen LogP contribution is 2.26. The highest BCUT2D eigenvalue weighted by Gasteiger charge is 2.24. The van der Waals surface area contributed by atoms with Crippen LogP contribution in [0.4, 0.5) is 0 Å². The van der Waals surface area contributed by atoms with Crippen LogP contribution in [-0.2, 0) is 12.8 Å². The summed E-state index contributed by atoms with van der Waals surface area (Å²) in [6.07, 6.45) is 10.4. The van der Waals surface area contributed by atoms with E-state index >= 15 is 0 Å². The third-order valence-electron chi connectivity index (χ3n) is 4.70. The highest BCUT2D eigenvalue weighted by molar-refractivity contribution is 5.36. The van der Waals surface area contributed by atoms with Crippen molar-refractivity contribution in [3.05, 3.63) is 65.5 Å². The first-order valence-electron chi connectivity index (χ1n) is 8.74. The first kappa shape index (κ1) is 15.1. The molecule has 0 unspecified atom stereocenters. The molecule has 0 saturated heterocycles. The van der Waals surface area contributed by atoms with E-state index in [1.54, 1.807) is 6.33 Å². The van der Waals surface area contributed by atoms with Crippen molar-refractivity contribution < 1.29 is 0 Å². The Balaban J connectivity index is 1.55. The molecule has 1 atom stereocenters. The lowest BCUT2D eigenvalue weighted by Gasteiger charge is -2.21. The third-order valence-corrected chi connectivity index (χ3v) is 4.70. The summed E-state index contributed by atoms with van der Waals surface area (Å²) >= 11 is 0. The van der Waals surface area contributed by atoms with Gasteiger partial charge in [-0.15, -0.1) is 0 Å². The van der Waals surface area contributed by atoms with Gasteiger partial charge in [-0.3, -0.25) is 0 Å². The maximum absolute atomic E-state index is 4.55. The molecule has 0 radical (unpaired) electrons. The number of nitrogens with one attached hydrogen (secondary N) is 2. The standard InChI is InChI=1S/C19H23N5/c1-2-3-4-14-5-7-16(8-6-14)24-12-15(11-23-24)18-19-17(9-10-20-18)21-13-22-19/h5-8,11-13,18,20H,2-4,9-10H2,1H3,(H,21,22)/t18-/m0/s1. The summed E-state index contributed by atoms with van der Waals surface area (Å²) in [4.78, 5) is 7.72. The summed E-state index contributed by atoms with van der Waals surface area (Å²) in [5, 5.41) is 8.09. The fraction of sp³-hybridized carbons (Fsp3) is 0.368. The minimum Gasteiger partial charge on any atom is -0.348 e. The molecule has 1 aliphatic heterocycles. The smallest absolute Gasteiger partial charge is 0.0926 e. The van der Waals surface area contributed by atoms with E-state index in [0.717, 1.165) is 36.3 Å². The van der Waals surface area contributed by atoms with E-state index in [1.807, 2.05) is 10.9 Å². The van der Waals surface area contributed by atoms with Crippen LogP contribution >= 0.6 is 0 Å². The zero-order chi connectivity index (χ0) is 16.4. The first-order valence-corrected chi connectivity index (χ1v) is 8.74. The van der Waals surface area contributed by atoms with Crippen molar-refractivity contribution >= 4 is 0 Å². The predicted molar refractivity (Wildman–Crippen MR) is 94.3 cm³/mol. The fourth-order valence-corrected chi connectivity index (χ4v) is 3.32. The number of aryl methyl sites for hydroxylation is 1. The molecule has 3 aromatic rings. The van der Waals surface area contributed by atoms with E-state index < -0.39 is 0 Å². The number of rotatable bonds is 5. The Labute approximate surface area is 142 Å². The summed E-state index contributed by atoms with van der Waals surface area (Å²) in [5.74, 6) is 0. The summed E-state index contributed by atoms with van der Waals surface area (Å²) in [7, 11) is 0. The molecule has 2 aromatic heterocycles. The number of unbranched alkanes of at least 4 members (excludes halogenated alkanes) is 1. The minimum absolute atomic E-state index is 0.123. The molecule has 0 spiro atoms. The maximum Gasteiger partial charge on any atom is 0.0926 e. The number of benzene rings is 1. The van der Waals surface area contributed by atoms with Crippen molar-refractivity contribution in [1.29, 1.82) is 0 Å². The molecule has 0 saturated carbocycles. The first-order chi connectivity index (χ1) is 11.8. The zero-order valence-corrected chi connectivity index (χ0v) is 14.0. The Morgan fingerprint density at radius 3 is 2.96 bits per heavy atom. The lowest BCUT2D eigenvalue weighted by molar-refractivity contribution is 0.553. The quantitative estimate of drug-likeness (QED) is 0.759. The summed E-state index contributed by atoms with van der Waals surface area (Å²) in [6.45, 7) is 3.18. The monoisotopic (exact) mass is 321 g/mol. The van der Waals surface area contributed by atoms with Gasteiger partial charge in [0.1, 0.15) is 0 Å². The van der Waals surface area contributed by atoms with Gasteiger partial charge in [-0.25, -0.2) is 9.67 Å². The van der Waals surface area contributed by atoms with Crippen LogP contribution in [0.3, 0.4) is 0 Å². The average Bonchev–Trinajstić information content (AvgIpc) is 3.29. The topological polar surface area (TPSA) is 58.5 Å². The second-order valence-corrected chi connectivity index (χ2v) is 6.39. The Morgan fingerprint density at radius 1 is 1.25 bits per heavy atom. The molecule has 0 amide bonds. The zero-order valence-electron chi connectivity index (χ0n) is 14.0. The van der Waals surface area contributed by atoms with E-state index in [0.29, 0.717) is 0 Å². The van der Waals surface area contributed by atoms with Gasteiger partial charge in [0.05, 0.1) is 29.9 Å². The number of hydrogen-bond acceptors (Lipinski definition) is 3. The van der Waals surface area contributed by atoms with Gasteiger partial charge in [0.15, 0.2) is 0 Å². The number of aromatic nitrogens is 4. The molecule has 5 heteroatoms. The van der Waals surface area contributed by atoms with Gasteiger partial charge in [0.25, 0.3) is 0 Å². The number of imidazole rings is 1. The van der Waals surface area contributed by atoms with Crippen LogP contribution in [0.2, 0.25) is 0 Å². The third kappa shape index (κ3) is 2.87. The predicted octanol–water partition coefficient (Wildman–Crippen LogP) is 3.17. The van der Waals surface area contributed by atoms with Crippen LogP contribution in [-0.4, -0.2) is 26.3 Å². The molecule has 3 heterocycles. The van der Waals surface area contributed by atoms with Crippen molar-refractivity contribution in [2.75, 3.05) is 6.54 Å². The van der Waals surface area contributed by atoms with Crippen LogP contribution in [0.15, 0.2) is 43.0 Å². The number of hydrogen-bond donors (Lipinski definition) is 2. The fourth-order valence-electron chi connectivity index (χ4n) is 3.32. The summed E-state index contributed by atoms with van der Waals surface area (Å²) in [5.41, 5.74) is 5.96. The van der Waals surface area contributed by atoms with Crippen molar-refractivity contribution in [3.8, 4) is 5.69 Å². The van der Waals surface area contributed by atoms with Gasteiger partial charge in [-0.2, -0.15) is 5.10 Å². The van der Waals surface area contributed by atoms with Crippen molar-refractivity contribution in [1.82, 2.24) is 25.1 Å². The molecule has 0 bridgehead atoms. The van der Waals surface area contributed by atoms with Gasteiger partial charge in [0.2, 0.25) is 0 Å².